The van der Waals surface area contributed by atoms with E-state index in [9.17, 15) is 14.4 Å². The summed E-state index contributed by atoms with van der Waals surface area (Å²) >= 11 is 0. The highest BCUT2D eigenvalue weighted by atomic mass is 19.1. The van der Waals surface area contributed by atoms with Crippen molar-refractivity contribution in [2.45, 2.75) is 6.54 Å². The molecule has 0 unspecified atom stereocenters. The van der Waals surface area contributed by atoms with Crippen molar-refractivity contribution >= 4 is 28.6 Å². The van der Waals surface area contributed by atoms with Gasteiger partial charge < -0.3 is 9.88 Å². The lowest BCUT2D eigenvalue weighted by Gasteiger charge is -2.07. The zero-order valence-corrected chi connectivity index (χ0v) is 16.0. The Labute approximate surface area is 173 Å². The van der Waals surface area contributed by atoms with Crippen molar-refractivity contribution in [3.8, 4) is 6.07 Å². The van der Waals surface area contributed by atoms with Crippen LogP contribution in [0, 0.1) is 17.1 Å². The molecule has 0 radical (unpaired) electrons. The zero-order chi connectivity index (χ0) is 20.9. The third kappa shape index (κ3) is 4.29. The molecule has 0 saturated carbocycles. The number of fused-ring (bicyclic) bond motifs is 1. The number of nitriles is 1. The minimum absolute atomic E-state index is 0.0254. The van der Waals surface area contributed by atoms with Crippen LogP contribution in [0.2, 0.25) is 0 Å². The second-order valence-electron chi connectivity index (χ2n) is 6.88. The molecule has 1 amide bonds. The fourth-order valence-electron chi connectivity index (χ4n) is 3.31. The number of halogens is 1. The lowest BCUT2D eigenvalue weighted by molar-refractivity contribution is -0.112. The number of nitrogens with one attached hydrogen (secondary N) is 1. The summed E-state index contributed by atoms with van der Waals surface area (Å²) in [5.41, 5.74) is 3.28. The summed E-state index contributed by atoms with van der Waals surface area (Å²) in [6.45, 7) is 0.555. The fraction of sp³-hybridized carbons (Fsp3) is 0.0400. The molecule has 4 nitrogen and oxygen atoms in total. The Morgan fingerprint density at radius 3 is 2.63 bits per heavy atom. The molecule has 4 aromatic rings. The van der Waals surface area contributed by atoms with E-state index in [0.717, 1.165) is 22.0 Å². The predicted octanol–water partition coefficient (Wildman–Crippen LogP) is 5.37. The molecule has 146 valence electrons. The van der Waals surface area contributed by atoms with E-state index in [1.165, 1.54) is 12.1 Å². The normalized spacial score (nSPS) is 11.3. The Hall–Kier alpha value is -4.17. The second-order valence-corrected chi connectivity index (χ2v) is 6.88. The summed E-state index contributed by atoms with van der Waals surface area (Å²) in [5, 5.41) is 13.1. The van der Waals surface area contributed by atoms with E-state index in [-0.39, 0.29) is 11.4 Å². The highest BCUT2D eigenvalue weighted by Crippen LogP contribution is 2.21. The van der Waals surface area contributed by atoms with Crippen LogP contribution in [0.3, 0.4) is 0 Å². The lowest BCUT2D eigenvalue weighted by Crippen LogP contribution is -2.13. The standard InChI is InChI=1S/C25H18FN3O/c26-22-6-4-5-19(15-22)17-29-12-11-20-13-18(9-10-24(20)29)14-21(16-27)25(30)28-23-7-2-1-3-8-23/h1-15H,17H2,(H,28,30)/b21-14+. The van der Waals surface area contributed by atoms with Gasteiger partial charge in [-0.25, -0.2) is 4.39 Å². The van der Waals surface area contributed by atoms with E-state index >= 15 is 0 Å². The Morgan fingerprint density at radius 2 is 1.87 bits per heavy atom. The first-order valence-electron chi connectivity index (χ1n) is 9.44. The summed E-state index contributed by atoms with van der Waals surface area (Å²) < 4.78 is 15.5. The van der Waals surface area contributed by atoms with Crippen LogP contribution in [-0.4, -0.2) is 10.5 Å². The number of anilines is 1. The van der Waals surface area contributed by atoms with Gasteiger partial charge in [0.1, 0.15) is 17.5 Å². The Bertz CT molecular complexity index is 1280. The van der Waals surface area contributed by atoms with Gasteiger partial charge in [0, 0.05) is 29.3 Å². The number of hydrogen-bond acceptors (Lipinski definition) is 2. The molecular formula is C25H18FN3O. The van der Waals surface area contributed by atoms with Crippen molar-refractivity contribution < 1.29 is 9.18 Å². The van der Waals surface area contributed by atoms with Gasteiger partial charge in [0.15, 0.2) is 0 Å². The number of amides is 1. The maximum absolute atomic E-state index is 13.4. The van der Waals surface area contributed by atoms with Gasteiger partial charge in [-0.1, -0.05) is 36.4 Å². The maximum atomic E-state index is 13.4. The summed E-state index contributed by atoms with van der Waals surface area (Å²) in [4.78, 5) is 12.4. The fourth-order valence-corrected chi connectivity index (χ4v) is 3.31. The van der Waals surface area contributed by atoms with Gasteiger partial charge in [0.05, 0.1) is 0 Å². The van der Waals surface area contributed by atoms with E-state index in [4.69, 9.17) is 0 Å². The molecule has 30 heavy (non-hydrogen) atoms. The first kappa shape index (κ1) is 19.2. The first-order chi connectivity index (χ1) is 14.6. The number of hydrogen-bond donors (Lipinski definition) is 1. The molecule has 0 bridgehead atoms. The minimum Gasteiger partial charge on any atom is -0.343 e. The number of carbonyl (C=O) groups excluding carboxylic acids is 1. The van der Waals surface area contributed by atoms with Crippen LogP contribution in [0.15, 0.2) is 90.6 Å². The highest BCUT2D eigenvalue weighted by molar-refractivity contribution is 6.09. The van der Waals surface area contributed by atoms with Crippen molar-refractivity contribution in [2.24, 2.45) is 0 Å². The number of rotatable bonds is 5. The molecule has 0 aliphatic rings. The second kappa shape index (κ2) is 8.46. The molecule has 1 aromatic heterocycles. The van der Waals surface area contributed by atoms with Gasteiger partial charge in [-0.05, 0) is 59.7 Å². The molecule has 0 spiro atoms. The van der Waals surface area contributed by atoms with Gasteiger partial charge in [0.25, 0.3) is 5.91 Å². The van der Waals surface area contributed by atoms with Crippen LogP contribution in [-0.2, 0) is 11.3 Å². The number of carbonyl (C=O) groups is 1. The van der Waals surface area contributed by atoms with E-state index in [2.05, 4.69) is 5.32 Å². The van der Waals surface area contributed by atoms with Crippen molar-refractivity contribution in [2.75, 3.05) is 5.32 Å². The van der Waals surface area contributed by atoms with Crippen LogP contribution in [0.4, 0.5) is 10.1 Å². The van der Waals surface area contributed by atoms with Crippen LogP contribution in [0.1, 0.15) is 11.1 Å². The van der Waals surface area contributed by atoms with Crippen LogP contribution < -0.4 is 5.32 Å². The summed E-state index contributed by atoms with van der Waals surface area (Å²) in [5.74, 6) is -0.707. The smallest absolute Gasteiger partial charge is 0.266 e. The molecule has 0 fully saturated rings. The van der Waals surface area contributed by atoms with E-state index in [0.29, 0.717) is 12.2 Å². The first-order valence-corrected chi connectivity index (χ1v) is 9.44. The molecule has 1 N–H and O–H groups in total. The number of nitrogens with zero attached hydrogens (tertiary/aromatic N) is 2. The van der Waals surface area contributed by atoms with E-state index in [1.54, 1.807) is 24.3 Å². The zero-order valence-electron chi connectivity index (χ0n) is 16.0. The summed E-state index contributed by atoms with van der Waals surface area (Å²) in [6, 6.07) is 25.2. The van der Waals surface area contributed by atoms with Crippen LogP contribution in [0.5, 0.6) is 0 Å². The van der Waals surface area contributed by atoms with E-state index in [1.807, 2.05) is 65.4 Å². The van der Waals surface area contributed by atoms with Crippen molar-refractivity contribution in [1.82, 2.24) is 4.57 Å². The number of benzene rings is 3. The van der Waals surface area contributed by atoms with Crippen LogP contribution >= 0.6 is 0 Å². The minimum atomic E-state index is -0.451. The molecule has 1 heterocycles. The van der Waals surface area contributed by atoms with E-state index < -0.39 is 5.91 Å². The number of para-hydroxylation sites is 1. The molecular weight excluding hydrogens is 377 g/mol. The third-order valence-electron chi connectivity index (χ3n) is 4.74. The largest absolute Gasteiger partial charge is 0.343 e. The maximum Gasteiger partial charge on any atom is 0.266 e. The van der Waals surface area contributed by atoms with Gasteiger partial charge >= 0.3 is 0 Å². The summed E-state index contributed by atoms with van der Waals surface area (Å²) in [7, 11) is 0. The van der Waals surface area contributed by atoms with Crippen molar-refractivity contribution in [1.29, 1.82) is 5.26 Å². The average Bonchev–Trinajstić information content (AvgIpc) is 3.14. The Balaban J connectivity index is 1.57. The SMILES string of the molecule is N#C/C(=C\c1ccc2c(ccn2Cc2cccc(F)c2)c1)C(=O)Nc1ccccc1. The molecule has 4 rings (SSSR count). The topological polar surface area (TPSA) is 57.8 Å². The molecule has 3 aromatic carbocycles. The van der Waals surface area contributed by atoms with Gasteiger partial charge in [-0.3, -0.25) is 4.79 Å². The van der Waals surface area contributed by atoms with Crippen molar-refractivity contribution in [3.63, 3.8) is 0 Å². The molecule has 0 aliphatic carbocycles. The van der Waals surface area contributed by atoms with Gasteiger partial charge in [-0.15, -0.1) is 0 Å². The monoisotopic (exact) mass is 395 g/mol. The summed E-state index contributed by atoms with van der Waals surface area (Å²) in [6.07, 6.45) is 3.51. The van der Waals surface area contributed by atoms with Crippen LogP contribution in [0.25, 0.3) is 17.0 Å². The highest BCUT2D eigenvalue weighted by Gasteiger charge is 2.10. The number of aromatic nitrogens is 1. The third-order valence-corrected chi connectivity index (χ3v) is 4.74. The molecule has 0 aliphatic heterocycles. The Morgan fingerprint density at radius 1 is 1.03 bits per heavy atom. The molecule has 5 heteroatoms. The lowest BCUT2D eigenvalue weighted by atomic mass is 10.1. The van der Waals surface area contributed by atoms with Crippen molar-refractivity contribution in [3.05, 3.63) is 108 Å². The average molecular weight is 395 g/mol. The molecule has 0 atom stereocenters. The molecule has 0 saturated heterocycles. The Kier molecular flexibility index (Phi) is 5.40. The van der Waals surface area contributed by atoms with Gasteiger partial charge in [-0.2, -0.15) is 5.26 Å². The van der Waals surface area contributed by atoms with Gasteiger partial charge in [0.2, 0.25) is 0 Å². The quantitative estimate of drug-likeness (QED) is 0.365. The predicted molar refractivity (Wildman–Crippen MR) is 116 cm³/mol.